The fraction of sp³-hybridized carbons (Fsp3) is 0.316. The summed E-state index contributed by atoms with van der Waals surface area (Å²) < 4.78 is 5.65. The quantitative estimate of drug-likeness (QED) is 0.613. The predicted octanol–water partition coefficient (Wildman–Crippen LogP) is 1.72. The maximum atomic E-state index is 12.5. The molecule has 1 atom stereocenters. The number of anilines is 2. The van der Waals surface area contributed by atoms with Crippen LogP contribution in [-0.4, -0.2) is 57.1 Å². The van der Waals surface area contributed by atoms with Crippen LogP contribution in [0.4, 0.5) is 11.4 Å². The number of rotatable bonds is 7. The van der Waals surface area contributed by atoms with Crippen molar-refractivity contribution in [2.75, 3.05) is 43.6 Å². The summed E-state index contributed by atoms with van der Waals surface area (Å²) in [4.78, 5) is 38.7. The molecule has 3 N–H and O–H groups in total. The summed E-state index contributed by atoms with van der Waals surface area (Å²) in [6.45, 7) is 1.20. The van der Waals surface area contributed by atoms with Crippen molar-refractivity contribution in [2.45, 2.75) is 6.04 Å². The highest BCUT2D eigenvalue weighted by atomic mass is 35.5. The molecule has 2 aromatic rings. The van der Waals surface area contributed by atoms with Crippen molar-refractivity contribution in [1.29, 1.82) is 0 Å². The first-order valence-electron chi connectivity index (χ1n) is 8.98. The van der Waals surface area contributed by atoms with Gasteiger partial charge in [-0.25, -0.2) is 0 Å². The number of ether oxygens (including phenoxy) is 1. The summed E-state index contributed by atoms with van der Waals surface area (Å²) >= 11 is 7.01. The van der Waals surface area contributed by atoms with Crippen molar-refractivity contribution in [3.05, 3.63) is 45.6 Å². The first-order chi connectivity index (χ1) is 14.0. The van der Waals surface area contributed by atoms with Crippen LogP contribution in [0.5, 0.6) is 0 Å². The number of nitrogens with one attached hydrogen (secondary N) is 3. The predicted molar refractivity (Wildman–Crippen MR) is 113 cm³/mol. The van der Waals surface area contributed by atoms with Crippen LogP contribution in [0.2, 0.25) is 4.34 Å². The van der Waals surface area contributed by atoms with E-state index in [0.29, 0.717) is 28.1 Å². The van der Waals surface area contributed by atoms with Crippen LogP contribution in [0.1, 0.15) is 9.67 Å². The summed E-state index contributed by atoms with van der Waals surface area (Å²) in [5.74, 6) is -0.659. The molecule has 0 radical (unpaired) electrons. The minimum Gasteiger partial charge on any atom is -0.370 e. The van der Waals surface area contributed by atoms with Crippen LogP contribution < -0.4 is 20.9 Å². The molecule has 1 aliphatic rings. The van der Waals surface area contributed by atoms with Crippen molar-refractivity contribution in [3.63, 3.8) is 0 Å². The minimum absolute atomic E-state index is 0.0751. The number of benzene rings is 1. The van der Waals surface area contributed by atoms with Crippen LogP contribution in [-0.2, 0) is 14.3 Å². The van der Waals surface area contributed by atoms with Crippen LogP contribution in [0, 0.1) is 0 Å². The lowest BCUT2D eigenvalue weighted by Gasteiger charge is -2.27. The van der Waals surface area contributed by atoms with E-state index in [9.17, 15) is 14.4 Å². The monoisotopic (exact) mass is 436 g/mol. The van der Waals surface area contributed by atoms with Crippen LogP contribution in [0.25, 0.3) is 0 Å². The van der Waals surface area contributed by atoms with Gasteiger partial charge in [0.1, 0.15) is 12.6 Å². The zero-order valence-corrected chi connectivity index (χ0v) is 17.3. The number of carbonyl (C=O) groups is 3. The molecule has 8 nitrogen and oxygen atoms in total. The van der Waals surface area contributed by atoms with Crippen molar-refractivity contribution in [2.24, 2.45) is 0 Å². The van der Waals surface area contributed by atoms with Crippen LogP contribution in [0.3, 0.4) is 0 Å². The first-order valence-corrected chi connectivity index (χ1v) is 10.2. The van der Waals surface area contributed by atoms with Gasteiger partial charge in [0.05, 0.1) is 15.8 Å². The number of morpholine rings is 1. The summed E-state index contributed by atoms with van der Waals surface area (Å²) in [6.07, 6.45) is 0. The number of amides is 3. The number of halogens is 1. The highest BCUT2D eigenvalue weighted by Gasteiger charge is 2.21. The molecule has 3 rings (SSSR count). The second-order valence-corrected chi connectivity index (χ2v) is 8.00. The number of nitrogens with zero attached hydrogens (tertiary/aromatic N) is 1. The Bertz CT molecular complexity index is 887. The average molecular weight is 437 g/mol. The van der Waals surface area contributed by atoms with Gasteiger partial charge >= 0.3 is 0 Å². The standard InChI is InChI=1S/C19H21ClN4O4S/c1-21-14(10-22-19(27)15-6-7-16(20)29-15)18(26)23-12-2-4-13(5-3-12)24-8-9-28-11-17(24)25/h2-7,14,21H,8-11H2,1H3,(H,22,27)(H,23,26)/t14-/m0/s1. The number of thiophene rings is 1. The molecule has 0 aliphatic carbocycles. The molecular weight excluding hydrogens is 416 g/mol. The molecule has 3 amide bonds. The van der Waals surface area contributed by atoms with Gasteiger partial charge in [-0.3, -0.25) is 14.4 Å². The van der Waals surface area contributed by atoms with E-state index in [1.54, 1.807) is 48.3 Å². The number of hydrogen-bond acceptors (Lipinski definition) is 6. The van der Waals surface area contributed by atoms with E-state index in [-0.39, 0.29) is 30.9 Å². The smallest absolute Gasteiger partial charge is 0.261 e. The van der Waals surface area contributed by atoms with Gasteiger partial charge in [-0.05, 0) is 43.4 Å². The molecule has 1 aliphatic heterocycles. The Labute approximate surface area is 177 Å². The maximum absolute atomic E-state index is 12.5. The van der Waals surface area contributed by atoms with Crippen molar-refractivity contribution in [1.82, 2.24) is 10.6 Å². The average Bonchev–Trinajstić information content (AvgIpc) is 3.16. The van der Waals surface area contributed by atoms with Gasteiger partial charge in [0.25, 0.3) is 11.8 Å². The van der Waals surface area contributed by atoms with Crippen molar-refractivity contribution >= 4 is 52.0 Å². The second-order valence-electron chi connectivity index (χ2n) is 6.29. The second kappa shape index (κ2) is 9.84. The summed E-state index contributed by atoms with van der Waals surface area (Å²) in [5.41, 5.74) is 1.35. The molecule has 1 saturated heterocycles. The van der Waals surface area contributed by atoms with Gasteiger partial charge < -0.3 is 25.6 Å². The Kier molecular flexibility index (Phi) is 7.21. The van der Waals surface area contributed by atoms with Crippen LogP contribution in [0.15, 0.2) is 36.4 Å². The maximum Gasteiger partial charge on any atom is 0.261 e. The van der Waals surface area contributed by atoms with Crippen molar-refractivity contribution < 1.29 is 19.1 Å². The van der Waals surface area contributed by atoms with E-state index in [4.69, 9.17) is 16.3 Å². The third-order valence-corrected chi connectivity index (χ3v) is 5.59. The van der Waals surface area contributed by atoms with Crippen LogP contribution >= 0.6 is 22.9 Å². The molecule has 2 heterocycles. The van der Waals surface area contributed by atoms with Gasteiger partial charge in [0.15, 0.2) is 0 Å². The number of carbonyl (C=O) groups excluding carboxylic acids is 3. The molecule has 0 bridgehead atoms. The number of likely N-dealkylation sites (N-methyl/N-ethyl adjacent to an activating group) is 1. The Morgan fingerprint density at radius 3 is 2.62 bits per heavy atom. The SMILES string of the molecule is CN[C@@H](CNC(=O)c1ccc(Cl)s1)C(=O)Nc1ccc(N2CCOCC2=O)cc1. The first kappa shape index (κ1) is 21.3. The molecule has 1 fully saturated rings. The van der Waals surface area contributed by atoms with E-state index in [1.807, 2.05) is 0 Å². The molecule has 1 aromatic heterocycles. The van der Waals surface area contributed by atoms with Gasteiger partial charge in [0.2, 0.25) is 5.91 Å². The lowest BCUT2D eigenvalue weighted by Crippen LogP contribution is -2.47. The molecule has 0 unspecified atom stereocenters. The van der Waals surface area contributed by atoms with Gasteiger partial charge in [-0.1, -0.05) is 11.6 Å². The van der Waals surface area contributed by atoms with Gasteiger partial charge in [-0.15, -0.1) is 11.3 Å². The third kappa shape index (κ3) is 5.54. The fourth-order valence-electron chi connectivity index (χ4n) is 2.79. The Balaban J connectivity index is 1.54. The fourth-order valence-corrected chi connectivity index (χ4v) is 3.75. The summed E-state index contributed by atoms with van der Waals surface area (Å²) in [5, 5.41) is 8.41. The van der Waals surface area contributed by atoms with E-state index >= 15 is 0 Å². The summed E-state index contributed by atoms with van der Waals surface area (Å²) in [6, 6.07) is 9.68. The lowest BCUT2D eigenvalue weighted by molar-refractivity contribution is -0.125. The highest BCUT2D eigenvalue weighted by molar-refractivity contribution is 7.18. The third-order valence-electron chi connectivity index (χ3n) is 4.36. The molecule has 10 heteroatoms. The van der Waals surface area contributed by atoms with Gasteiger partial charge in [0, 0.05) is 24.5 Å². The largest absolute Gasteiger partial charge is 0.370 e. The molecule has 1 aromatic carbocycles. The Hall–Kier alpha value is -2.46. The van der Waals surface area contributed by atoms with Crippen molar-refractivity contribution in [3.8, 4) is 0 Å². The van der Waals surface area contributed by atoms with Gasteiger partial charge in [-0.2, -0.15) is 0 Å². The molecule has 0 saturated carbocycles. The minimum atomic E-state index is -0.616. The Morgan fingerprint density at radius 2 is 2.00 bits per heavy atom. The highest BCUT2D eigenvalue weighted by Crippen LogP contribution is 2.21. The molecule has 154 valence electrons. The molecule has 29 heavy (non-hydrogen) atoms. The topological polar surface area (TPSA) is 99.8 Å². The van der Waals surface area contributed by atoms with E-state index in [1.165, 1.54) is 11.3 Å². The zero-order chi connectivity index (χ0) is 20.8. The summed E-state index contributed by atoms with van der Waals surface area (Å²) in [7, 11) is 1.64. The van der Waals surface area contributed by atoms with E-state index in [2.05, 4.69) is 16.0 Å². The number of hydrogen-bond donors (Lipinski definition) is 3. The zero-order valence-electron chi connectivity index (χ0n) is 15.7. The molecular formula is C19H21ClN4O4S. The van der Waals surface area contributed by atoms with E-state index < -0.39 is 6.04 Å². The lowest BCUT2D eigenvalue weighted by atomic mass is 10.2. The van der Waals surface area contributed by atoms with E-state index in [0.717, 1.165) is 5.69 Å². The molecule has 0 spiro atoms. The Morgan fingerprint density at radius 1 is 1.24 bits per heavy atom. The normalized spacial score (nSPS) is 15.1.